The lowest BCUT2D eigenvalue weighted by Crippen LogP contribution is -2.30. The van der Waals surface area contributed by atoms with Crippen LogP contribution in [0, 0.1) is 0 Å². The summed E-state index contributed by atoms with van der Waals surface area (Å²) in [6.07, 6.45) is 0. The van der Waals surface area contributed by atoms with Gasteiger partial charge in [0.25, 0.3) is 0 Å². The van der Waals surface area contributed by atoms with Gasteiger partial charge in [-0.1, -0.05) is 30.1 Å². The van der Waals surface area contributed by atoms with Crippen molar-refractivity contribution in [2.75, 3.05) is 13.2 Å². The van der Waals surface area contributed by atoms with Crippen molar-refractivity contribution in [3.63, 3.8) is 0 Å². The third-order valence-electron chi connectivity index (χ3n) is 2.15. The van der Waals surface area contributed by atoms with Crippen LogP contribution in [0.1, 0.15) is 25.5 Å². The second-order valence-electron chi connectivity index (χ2n) is 3.45. The zero-order valence-electron chi connectivity index (χ0n) is 9.80. The first-order valence-electron chi connectivity index (χ1n) is 5.44. The van der Waals surface area contributed by atoms with E-state index < -0.39 is 6.04 Å². The second-order valence-corrected chi connectivity index (χ2v) is 4.32. The molecule has 0 heterocycles. The van der Waals surface area contributed by atoms with E-state index >= 15 is 0 Å². The molecule has 0 bridgehead atoms. The highest BCUT2D eigenvalue weighted by atomic mass is 35.5. The van der Waals surface area contributed by atoms with Gasteiger partial charge < -0.3 is 10.1 Å². The molecule has 0 spiro atoms. The van der Waals surface area contributed by atoms with Gasteiger partial charge >= 0.3 is 5.97 Å². The quantitative estimate of drug-likeness (QED) is 0.839. The first-order chi connectivity index (χ1) is 8.08. The Hall–Kier alpha value is -0.770. The standard InChI is InChI=1S/C12H15Cl2NO2/c1-3-15-11(12(16)17-4-2)8-5-9(13)7-10(14)6-8/h5-7,11,15H,3-4H2,1-2H3/t11-/m1/s1. The summed E-state index contributed by atoms with van der Waals surface area (Å²) < 4.78 is 5.00. The third-order valence-corrected chi connectivity index (χ3v) is 2.59. The Morgan fingerprint density at radius 1 is 1.29 bits per heavy atom. The zero-order chi connectivity index (χ0) is 12.8. The number of esters is 1. The van der Waals surface area contributed by atoms with Crippen molar-refractivity contribution < 1.29 is 9.53 Å². The number of carbonyl (C=O) groups excluding carboxylic acids is 1. The van der Waals surface area contributed by atoms with E-state index in [9.17, 15) is 4.79 Å². The molecule has 94 valence electrons. The number of hydrogen-bond donors (Lipinski definition) is 1. The molecule has 0 aromatic heterocycles. The van der Waals surface area contributed by atoms with Crippen LogP contribution in [0.4, 0.5) is 0 Å². The smallest absolute Gasteiger partial charge is 0.327 e. The van der Waals surface area contributed by atoms with Crippen molar-refractivity contribution in [3.05, 3.63) is 33.8 Å². The molecular formula is C12H15Cl2NO2. The van der Waals surface area contributed by atoms with Gasteiger partial charge in [-0.15, -0.1) is 0 Å². The van der Waals surface area contributed by atoms with Crippen LogP contribution in [-0.2, 0) is 9.53 Å². The van der Waals surface area contributed by atoms with E-state index in [1.165, 1.54) is 0 Å². The molecule has 3 nitrogen and oxygen atoms in total. The number of nitrogens with one attached hydrogen (secondary N) is 1. The Morgan fingerprint density at radius 3 is 2.35 bits per heavy atom. The minimum absolute atomic E-state index is 0.326. The molecule has 0 fully saturated rings. The molecule has 0 aliphatic carbocycles. The van der Waals surface area contributed by atoms with Crippen LogP contribution in [0.5, 0.6) is 0 Å². The number of carbonyl (C=O) groups is 1. The molecule has 0 aliphatic heterocycles. The van der Waals surface area contributed by atoms with Crippen molar-refractivity contribution in [2.24, 2.45) is 0 Å². The van der Waals surface area contributed by atoms with Gasteiger partial charge in [-0.25, -0.2) is 4.79 Å². The van der Waals surface area contributed by atoms with Gasteiger partial charge in [-0.3, -0.25) is 0 Å². The van der Waals surface area contributed by atoms with Gasteiger partial charge in [0.15, 0.2) is 0 Å². The van der Waals surface area contributed by atoms with Crippen LogP contribution in [-0.4, -0.2) is 19.1 Å². The minimum atomic E-state index is -0.531. The van der Waals surface area contributed by atoms with Crippen LogP contribution >= 0.6 is 23.2 Å². The normalized spacial score (nSPS) is 12.2. The maximum Gasteiger partial charge on any atom is 0.327 e. The fourth-order valence-corrected chi connectivity index (χ4v) is 2.05. The lowest BCUT2D eigenvalue weighted by Gasteiger charge is -2.17. The maximum absolute atomic E-state index is 11.8. The summed E-state index contributed by atoms with van der Waals surface area (Å²) >= 11 is 11.8. The molecule has 1 atom stereocenters. The topological polar surface area (TPSA) is 38.3 Å². The minimum Gasteiger partial charge on any atom is -0.465 e. The Kier molecular flexibility index (Phi) is 5.75. The summed E-state index contributed by atoms with van der Waals surface area (Å²) in [7, 11) is 0. The summed E-state index contributed by atoms with van der Waals surface area (Å²) in [4.78, 5) is 11.8. The van der Waals surface area contributed by atoms with E-state index in [0.717, 1.165) is 0 Å². The molecule has 0 aliphatic rings. The SMILES string of the molecule is CCN[C@@H](C(=O)OCC)c1cc(Cl)cc(Cl)c1. The monoisotopic (exact) mass is 275 g/mol. The molecule has 1 aromatic rings. The first kappa shape index (κ1) is 14.3. The first-order valence-corrected chi connectivity index (χ1v) is 6.20. The fraction of sp³-hybridized carbons (Fsp3) is 0.417. The maximum atomic E-state index is 11.8. The predicted molar refractivity (Wildman–Crippen MR) is 69.5 cm³/mol. The summed E-state index contributed by atoms with van der Waals surface area (Å²) in [6.45, 7) is 4.67. The summed E-state index contributed by atoms with van der Waals surface area (Å²) in [6, 6.07) is 4.51. The van der Waals surface area contributed by atoms with Crippen LogP contribution in [0.25, 0.3) is 0 Å². The number of benzene rings is 1. The van der Waals surface area contributed by atoms with Crippen molar-refractivity contribution in [1.82, 2.24) is 5.32 Å². The van der Waals surface area contributed by atoms with Crippen molar-refractivity contribution in [2.45, 2.75) is 19.9 Å². The largest absolute Gasteiger partial charge is 0.465 e. The van der Waals surface area contributed by atoms with Gasteiger partial charge in [0.1, 0.15) is 6.04 Å². The van der Waals surface area contributed by atoms with Crippen molar-refractivity contribution >= 4 is 29.2 Å². The van der Waals surface area contributed by atoms with E-state index in [1.54, 1.807) is 25.1 Å². The molecule has 0 saturated carbocycles. The molecule has 17 heavy (non-hydrogen) atoms. The van der Waals surface area contributed by atoms with Crippen LogP contribution in [0.15, 0.2) is 18.2 Å². The molecule has 1 aromatic carbocycles. The van der Waals surface area contributed by atoms with Crippen molar-refractivity contribution in [1.29, 1.82) is 0 Å². The van der Waals surface area contributed by atoms with Crippen LogP contribution in [0.3, 0.4) is 0 Å². The van der Waals surface area contributed by atoms with Gasteiger partial charge in [0.2, 0.25) is 0 Å². The van der Waals surface area contributed by atoms with Crippen molar-refractivity contribution in [3.8, 4) is 0 Å². The van der Waals surface area contributed by atoms with E-state index in [1.807, 2.05) is 6.92 Å². The molecule has 1 N–H and O–H groups in total. The summed E-state index contributed by atoms with van der Waals surface area (Å²) in [5, 5.41) is 4.05. The van der Waals surface area contributed by atoms with Gasteiger partial charge in [0.05, 0.1) is 6.61 Å². The fourth-order valence-electron chi connectivity index (χ4n) is 1.51. The molecule has 0 radical (unpaired) electrons. The van der Waals surface area contributed by atoms with Gasteiger partial charge in [0, 0.05) is 10.0 Å². The summed E-state index contributed by atoms with van der Waals surface area (Å²) in [5.41, 5.74) is 0.711. The third kappa shape index (κ3) is 4.19. The number of hydrogen-bond acceptors (Lipinski definition) is 3. The number of halogens is 2. The Balaban J connectivity index is 3.00. The second kappa shape index (κ2) is 6.84. The predicted octanol–water partition coefficient (Wildman–Crippen LogP) is 3.21. The average Bonchev–Trinajstić information content (AvgIpc) is 2.24. The molecule has 5 heteroatoms. The van der Waals surface area contributed by atoms with E-state index in [4.69, 9.17) is 27.9 Å². The lowest BCUT2D eigenvalue weighted by molar-refractivity contribution is -0.145. The van der Waals surface area contributed by atoms with E-state index in [2.05, 4.69) is 5.32 Å². The highest BCUT2D eigenvalue weighted by Gasteiger charge is 2.21. The van der Waals surface area contributed by atoms with E-state index in [-0.39, 0.29) is 5.97 Å². The highest BCUT2D eigenvalue weighted by molar-refractivity contribution is 6.34. The molecule has 0 unspecified atom stereocenters. The Labute approximate surface area is 111 Å². The molecule has 0 amide bonds. The Bertz CT molecular complexity index is 376. The lowest BCUT2D eigenvalue weighted by atomic mass is 10.1. The van der Waals surface area contributed by atoms with Gasteiger partial charge in [-0.2, -0.15) is 0 Å². The number of likely N-dealkylation sites (N-methyl/N-ethyl adjacent to an activating group) is 1. The van der Waals surface area contributed by atoms with Crippen LogP contribution in [0.2, 0.25) is 10.0 Å². The number of rotatable bonds is 5. The highest BCUT2D eigenvalue weighted by Crippen LogP contribution is 2.24. The van der Waals surface area contributed by atoms with Gasteiger partial charge in [-0.05, 0) is 37.2 Å². The summed E-state index contributed by atoms with van der Waals surface area (Å²) in [5.74, 6) is -0.326. The number of ether oxygens (including phenoxy) is 1. The molecular weight excluding hydrogens is 261 g/mol. The van der Waals surface area contributed by atoms with E-state index in [0.29, 0.717) is 28.8 Å². The average molecular weight is 276 g/mol. The Morgan fingerprint density at radius 2 is 1.88 bits per heavy atom. The zero-order valence-corrected chi connectivity index (χ0v) is 11.3. The molecule has 1 rings (SSSR count). The van der Waals surface area contributed by atoms with Crippen LogP contribution < -0.4 is 5.32 Å². The molecule has 0 saturated heterocycles.